The van der Waals surface area contributed by atoms with Crippen molar-refractivity contribution >= 4 is 5.91 Å². The van der Waals surface area contributed by atoms with Gasteiger partial charge in [-0.2, -0.15) is 13.2 Å². The Hall–Kier alpha value is -0.740. The lowest BCUT2D eigenvalue weighted by atomic mass is 9.95. The van der Waals surface area contributed by atoms with Gasteiger partial charge >= 0.3 is 6.18 Å². The summed E-state index contributed by atoms with van der Waals surface area (Å²) in [6, 6.07) is 0. The van der Waals surface area contributed by atoms with Crippen LogP contribution >= 0.6 is 0 Å². The lowest BCUT2D eigenvalue weighted by Gasteiger charge is -2.32. The average Bonchev–Trinajstić information content (AvgIpc) is 2.15. The van der Waals surface area contributed by atoms with Crippen molar-refractivity contribution in [3.8, 4) is 0 Å². The van der Waals surface area contributed by atoms with Gasteiger partial charge in [-0.25, -0.2) is 0 Å². The minimum atomic E-state index is -4.38. The first-order valence-electron chi connectivity index (χ1n) is 5.27. The van der Waals surface area contributed by atoms with Gasteiger partial charge in [-0.3, -0.25) is 4.79 Å². The summed E-state index contributed by atoms with van der Waals surface area (Å²) in [7, 11) is 0. The zero-order valence-electron chi connectivity index (χ0n) is 8.81. The van der Waals surface area contributed by atoms with Gasteiger partial charge in [0.2, 0.25) is 5.91 Å². The summed E-state index contributed by atoms with van der Waals surface area (Å²) in [6.45, 7) is 2.97. The van der Waals surface area contributed by atoms with E-state index in [-0.39, 0.29) is 0 Å². The summed E-state index contributed by atoms with van der Waals surface area (Å²) in [5, 5.41) is 0. The highest BCUT2D eigenvalue weighted by atomic mass is 19.4. The Morgan fingerprint density at radius 1 is 1.47 bits per heavy atom. The van der Waals surface area contributed by atoms with Crippen molar-refractivity contribution in [2.75, 3.05) is 13.1 Å². The standard InChI is InChI=1S/C10H16F3NO/c1-2-8-4-3-5-14(7-8)9(15)6-10(11,12)13/h8H,2-7H2,1H3. The van der Waals surface area contributed by atoms with Crippen molar-refractivity contribution in [2.45, 2.75) is 38.8 Å². The fourth-order valence-electron chi connectivity index (χ4n) is 1.91. The fraction of sp³-hybridized carbons (Fsp3) is 0.900. The molecular formula is C10H16F3NO. The average molecular weight is 223 g/mol. The first-order chi connectivity index (χ1) is 6.92. The van der Waals surface area contributed by atoms with Crippen molar-refractivity contribution < 1.29 is 18.0 Å². The van der Waals surface area contributed by atoms with Gasteiger partial charge in [0.15, 0.2) is 0 Å². The van der Waals surface area contributed by atoms with Gasteiger partial charge in [-0.1, -0.05) is 13.3 Å². The number of likely N-dealkylation sites (tertiary alicyclic amines) is 1. The number of hydrogen-bond acceptors (Lipinski definition) is 1. The Morgan fingerprint density at radius 3 is 2.67 bits per heavy atom. The summed E-state index contributed by atoms with van der Waals surface area (Å²) in [5.74, 6) is -0.406. The highest BCUT2D eigenvalue weighted by Crippen LogP contribution is 2.24. The lowest BCUT2D eigenvalue weighted by Crippen LogP contribution is -2.41. The molecule has 15 heavy (non-hydrogen) atoms. The zero-order valence-corrected chi connectivity index (χ0v) is 8.81. The molecule has 1 saturated heterocycles. The molecule has 0 saturated carbocycles. The van der Waals surface area contributed by atoms with Crippen LogP contribution in [0.1, 0.15) is 32.6 Å². The molecule has 0 aromatic heterocycles. The Labute approximate surface area is 87.4 Å². The molecule has 0 radical (unpaired) electrons. The summed E-state index contributed by atoms with van der Waals surface area (Å²) < 4.78 is 36.0. The molecule has 1 heterocycles. The smallest absolute Gasteiger partial charge is 0.342 e. The molecule has 1 fully saturated rings. The van der Waals surface area contributed by atoms with Crippen molar-refractivity contribution in [1.29, 1.82) is 0 Å². The number of rotatable bonds is 2. The molecule has 0 aromatic rings. The van der Waals surface area contributed by atoms with Gasteiger partial charge in [-0.05, 0) is 18.8 Å². The van der Waals surface area contributed by atoms with Crippen LogP contribution in [0.2, 0.25) is 0 Å². The maximum Gasteiger partial charge on any atom is 0.397 e. The molecule has 0 bridgehead atoms. The number of carbonyl (C=O) groups is 1. The molecule has 88 valence electrons. The van der Waals surface area contributed by atoms with Crippen LogP contribution in [0.25, 0.3) is 0 Å². The molecule has 2 nitrogen and oxygen atoms in total. The predicted octanol–water partition coefficient (Wildman–Crippen LogP) is 2.59. The summed E-state index contributed by atoms with van der Waals surface area (Å²) in [6.07, 6.45) is -2.93. The van der Waals surface area contributed by atoms with Crippen LogP contribution in [-0.4, -0.2) is 30.1 Å². The molecule has 1 aliphatic heterocycles. The van der Waals surface area contributed by atoms with Gasteiger partial charge in [0.05, 0.1) is 0 Å². The molecular weight excluding hydrogens is 207 g/mol. The summed E-state index contributed by atoms with van der Waals surface area (Å²) >= 11 is 0. The number of halogens is 3. The third-order valence-electron chi connectivity index (χ3n) is 2.80. The first-order valence-corrected chi connectivity index (χ1v) is 5.27. The van der Waals surface area contributed by atoms with E-state index in [1.54, 1.807) is 0 Å². The zero-order chi connectivity index (χ0) is 11.5. The number of alkyl halides is 3. The Kier molecular flexibility index (Phi) is 3.99. The van der Waals surface area contributed by atoms with Gasteiger partial charge in [0, 0.05) is 13.1 Å². The Bertz CT molecular complexity index is 227. The monoisotopic (exact) mass is 223 g/mol. The minimum absolute atomic E-state index is 0.371. The summed E-state index contributed by atoms with van der Waals surface area (Å²) in [4.78, 5) is 12.6. The summed E-state index contributed by atoms with van der Waals surface area (Å²) in [5.41, 5.74) is 0. The highest BCUT2D eigenvalue weighted by Gasteiger charge is 2.34. The molecule has 1 unspecified atom stereocenters. The van der Waals surface area contributed by atoms with Crippen LogP contribution in [0.3, 0.4) is 0 Å². The largest absolute Gasteiger partial charge is 0.397 e. The Morgan fingerprint density at radius 2 is 2.13 bits per heavy atom. The van der Waals surface area contributed by atoms with E-state index in [1.165, 1.54) is 4.90 Å². The second-order valence-corrected chi connectivity index (χ2v) is 4.05. The molecule has 1 atom stereocenters. The number of nitrogens with zero attached hydrogens (tertiary/aromatic N) is 1. The molecule has 1 amide bonds. The van der Waals surface area contributed by atoms with E-state index in [9.17, 15) is 18.0 Å². The van der Waals surface area contributed by atoms with E-state index in [2.05, 4.69) is 0 Å². The topological polar surface area (TPSA) is 20.3 Å². The van der Waals surface area contributed by atoms with E-state index >= 15 is 0 Å². The van der Waals surface area contributed by atoms with Crippen LogP contribution in [0.4, 0.5) is 13.2 Å². The SMILES string of the molecule is CCC1CCCN(C(=O)CC(F)(F)F)C1. The molecule has 0 aliphatic carbocycles. The third-order valence-corrected chi connectivity index (χ3v) is 2.80. The van der Waals surface area contributed by atoms with Gasteiger partial charge < -0.3 is 4.90 Å². The number of carbonyl (C=O) groups excluding carboxylic acids is 1. The maximum absolute atomic E-state index is 12.0. The molecule has 0 N–H and O–H groups in total. The lowest BCUT2D eigenvalue weighted by molar-refractivity contribution is -0.162. The number of amides is 1. The van der Waals surface area contributed by atoms with Crippen LogP contribution in [0.5, 0.6) is 0 Å². The predicted molar refractivity (Wildman–Crippen MR) is 50.3 cm³/mol. The van der Waals surface area contributed by atoms with Crippen molar-refractivity contribution in [1.82, 2.24) is 4.90 Å². The molecule has 0 aromatic carbocycles. The molecule has 5 heteroatoms. The van der Waals surface area contributed by atoms with E-state index in [1.807, 2.05) is 6.92 Å². The van der Waals surface area contributed by atoms with Gasteiger partial charge in [-0.15, -0.1) is 0 Å². The van der Waals surface area contributed by atoms with E-state index in [0.29, 0.717) is 19.0 Å². The van der Waals surface area contributed by atoms with Crippen molar-refractivity contribution in [3.05, 3.63) is 0 Å². The molecule has 0 spiro atoms. The molecule has 1 aliphatic rings. The number of hydrogen-bond donors (Lipinski definition) is 0. The second kappa shape index (κ2) is 4.86. The minimum Gasteiger partial charge on any atom is -0.342 e. The van der Waals surface area contributed by atoms with E-state index in [4.69, 9.17) is 0 Å². The Balaban J connectivity index is 2.45. The third kappa shape index (κ3) is 4.10. The van der Waals surface area contributed by atoms with Crippen LogP contribution < -0.4 is 0 Å². The molecule has 1 rings (SSSR count). The quantitative estimate of drug-likeness (QED) is 0.704. The maximum atomic E-state index is 12.0. The van der Waals surface area contributed by atoms with Crippen molar-refractivity contribution in [3.63, 3.8) is 0 Å². The van der Waals surface area contributed by atoms with Crippen LogP contribution in [0.15, 0.2) is 0 Å². The van der Waals surface area contributed by atoms with Crippen molar-refractivity contribution in [2.24, 2.45) is 5.92 Å². The first kappa shape index (κ1) is 12.3. The van der Waals surface area contributed by atoms with E-state index in [0.717, 1.165) is 19.3 Å². The van der Waals surface area contributed by atoms with Crippen LogP contribution in [-0.2, 0) is 4.79 Å². The van der Waals surface area contributed by atoms with Gasteiger partial charge in [0.25, 0.3) is 0 Å². The fourth-order valence-corrected chi connectivity index (χ4v) is 1.91. The van der Waals surface area contributed by atoms with Gasteiger partial charge in [0.1, 0.15) is 6.42 Å². The highest BCUT2D eigenvalue weighted by molar-refractivity contribution is 5.76. The second-order valence-electron chi connectivity index (χ2n) is 4.05. The number of piperidine rings is 1. The van der Waals surface area contributed by atoms with E-state index < -0.39 is 18.5 Å². The van der Waals surface area contributed by atoms with Crippen LogP contribution in [0, 0.1) is 5.92 Å². The normalized spacial score (nSPS) is 22.9.